The van der Waals surface area contributed by atoms with Gasteiger partial charge in [0.1, 0.15) is 5.75 Å². The lowest BCUT2D eigenvalue weighted by molar-refractivity contribution is 0.318. The van der Waals surface area contributed by atoms with Crippen LogP contribution in [0.1, 0.15) is 25.3 Å². The monoisotopic (exact) mass is 324 g/mol. The summed E-state index contributed by atoms with van der Waals surface area (Å²) in [6.07, 6.45) is 9.30. The third-order valence-corrected chi connectivity index (χ3v) is 3.80. The standard InChI is InChI=1S/C18H20N4O2/c1-11(2)20-18-19-10-12-8-14(17(24-3)9-16(12)21-18)13-6-4-5-7-15(13)22-23/h4-11,13,23H,1-3H3,(H,19,20,21)/b22-15+. The van der Waals surface area contributed by atoms with Crippen LogP contribution in [-0.2, 0) is 0 Å². The molecule has 6 heteroatoms. The van der Waals surface area contributed by atoms with Gasteiger partial charge in [-0.1, -0.05) is 23.4 Å². The van der Waals surface area contributed by atoms with Crippen LogP contribution >= 0.6 is 0 Å². The largest absolute Gasteiger partial charge is 0.496 e. The summed E-state index contributed by atoms with van der Waals surface area (Å²) in [5.74, 6) is 1.11. The van der Waals surface area contributed by atoms with Crippen LogP contribution in [0.2, 0.25) is 0 Å². The number of oxime groups is 1. The van der Waals surface area contributed by atoms with E-state index in [4.69, 9.17) is 4.74 Å². The fourth-order valence-corrected chi connectivity index (χ4v) is 2.72. The molecule has 0 fully saturated rings. The first-order valence-corrected chi connectivity index (χ1v) is 7.80. The van der Waals surface area contributed by atoms with Crippen LogP contribution in [0.3, 0.4) is 0 Å². The summed E-state index contributed by atoms with van der Waals surface area (Å²) in [6.45, 7) is 4.08. The molecule has 1 heterocycles. The Labute approximate surface area is 140 Å². The van der Waals surface area contributed by atoms with Gasteiger partial charge in [-0.05, 0) is 26.0 Å². The van der Waals surface area contributed by atoms with Crippen molar-refractivity contribution in [2.24, 2.45) is 5.16 Å². The van der Waals surface area contributed by atoms with E-state index in [1.54, 1.807) is 19.4 Å². The number of fused-ring (bicyclic) bond motifs is 1. The van der Waals surface area contributed by atoms with Gasteiger partial charge in [0.2, 0.25) is 5.95 Å². The molecule has 6 nitrogen and oxygen atoms in total. The second-order valence-electron chi connectivity index (χ2n) is 5.89. The first-order chi connectivity index (χ1) is 11.6. The summed E-state index contributed by atoms with van der Waals surface area (Å²) in [5.41, 5.74) is 2.27. The number of ether oxygens (including phenoxy) is 1. The van der Waals surface area contributed by atoms with Gasteiger partial charge in [-0.15, -0.1) is 0 Å². The van der Waals surface area contributed by atoms with E-state index in [9.17, 15) is 5.21 Å². The van der Waals surface area contributed by atoms with Crippen LogP contribution in [0.15, 0.2) is 47.8 Å². The van der Waals surface area contributed by atoms with Crippen LogP contribution < -0.4 is 10.1 Å². The van der Waals surface area contributed by atoms with Crippen molar-refractivity contribution in [3.8, 4) is 5.75 Å². The van der Waals surface area contributed by atoms with Crippen LogP contribution in [0.5, 0.6) is 5.75 Å². The highest BCUT2D eigenvalue weighted by atomic mass is 16.5. The molecule has 1 unspecified atom stereocenters. The smallest absolute Gasteiger partial charge is 0.223 e. The Hall–Kier alpha value is -2.89. The SMILES string of the molecule is COc1cc2nc(NC(C)C)ncc2cc1C1C=CC=C/C1=N\O. The number of nitrogens with one attached hydrogen (secondary N) is 1. The van der Waals surface area contributed by atoms with Gasteiger partial charge in [-0.25, -0.2) is 9.97 Å². The second kappa shape index (κ2) is 6.70. The maximum atomic E-state index is 9.25. The van der Waals surface area contributed by atoms with E-state index >= 15 is 0 Å². The van der Waals surface area contributed by atoms with Crippen LogP contribution in [0, 0.1) is 0 Å². The molecule has 2 aromatic rings. The summed E-state index contributed by atoms with van der Waals surface area (Å²) in [5, 5.41) is 16.7. The molecule has 0 aliphatic heterocycles. The predicted octanol–water partition coefficient (Wildman–Crippen LogP) is 3.50. The molecule has 2 N–H and O–H groups in total. The first-order valence-electron chi connectivity index (χ1n) is 7.80. The van der Waals surface area contributed by atoms with Crippen molar-refractivity contribution >= 4 is 22.6 Å². The van der Waals surface area contributed by atoms with E-state index in [1.807, 2.05) is 44.2 Å². The summed E-state index contributed by atoms with van der Waals surface area (Å²) in [7, 11) is 1.62. The van der Waals surface area contributed by atoms with Crippen molar-refractivity contribution < 1.29 is 9.94 Å². The molecule has 124 valence electrons. The number of hydrogen-bond acceptors (Lipinski definition) is 6. The van der Waals surface area contributed by atoms with Crippen LogP contribution in [0.25, 0.3) is 10.9 Å². The minimum atomic E-state index is -0.173. The van der Waals surface area contributed by atoms with Gasteiger partial charge in [0.25, 0.3) is 0 Å². The van der Waals surface area contributed by atoms with Gasteiger partial charge >= 0.3 is 0 Å². The van der Waals surface area contributed by atoms with Crippen molar-refractivity contribution in [1.82, 2.24) is 9.97 Å². The number of methoxy groups -OCH3 is 1. The highest BCUT2D eigenvalue weighted by molar-refractivity contribution is 6.03. The Morgan fingerprint density at radius 3 is 2.83 bits per heavy atom. The molecular weight excluding hydrogens is 304 g/mol. The van der Waals surface area contributed by atoms with Crippen molar-refractivity contribution in [2.45, 2.75) is 25.8 Å². The second-order valence-corrected chi connectivity index (χ2v) is 5.89. The molecule has 1 aliphatic rings. The van der Waals surface area contributed by atoms with Gasteiger partial charge < -0.3 is 15.3 Å². The quantitative estimate of drug-likeness (QED) is 0.664. The normalized spacial score (nSPS) is 18.5. The molecule has 3 rings (SSSR count). The molecule has 1 aromatic heterocycles. The van der Waals surface area contributed by atoms with Crippen molar-refractivity contribution in [3.63, 3.8) is 0 Å². The van der Waals surface area contributed by atoms with E-state index in [0.29, 0.717) is 17.4 Å². The lowest BCUT2D eigenvalue weighted by atomic mass is 9.89. The lowest BCUT2D eigenvalue weighted by Crippen LogP contribution is -2.13. The predicted molar refractivity (Wildman–Crippen MR) is 95.1 cm³/mol. The highest BCUT2D eigenvalue weighted by Gasteiger charge is 2.21. The Balaban J connectivity index is 2.09. The number of benzene rings is 1. The van der Waals surface area contributed by atoms with Crippen molar-refractivity contribution in [3.05, 3.63) is 48.2 Å². The van der Waals surface area contributed by atoms with E-state index in [-0.39, 0.29) is 12.0 Å². The Kier molecular flexibility index (Phi) is 4.46. The summed E-state index contributed by atoms with van der Waals surface area (Å²) < 4.78 is 5.55. The zero-order valence-electron chi connectivity index (χ0n) is 13.9. The highest BCUT2D eigenvalue weighted by Crippen LogP contribution is 2.34. The Morgan fingerprint density at radius 1 is 1.29 bits per heavy atom. The van der Waals surface area contributed by atoms with Gasteiger partial charge in [0, 0.05) is 29.3 Å². The maximum Gasteiger partial charge on any atom is 0.223 e. The van der Waals surface area contributed by atoms with Gasteiger partial charge in [0.15, 0.2) is 0 Å². The minimum Gasteiger partial charge on any atom is -0.496 e. The number of hydrogen-bond donors (Lipinski definition) is 2. The molecule has 1 aliphatic carbocycles. The minimum absolute atomic E-state index is 0.173. The summed E-state index contributed by atoms with van der Waals surface area (Å²) in [4.78, 5) is 8.89. The molecule has 0 bridgehead atoms. The van der Waals surface area contributed by atoms with Gasteiger partial charge in [0.05, 0.1) is 24.3 Å². The molecule has 1 aromatic carbocycles. The van der Waals surface area contributed by atoms with E-state index in [0.717, 1.165) is 16.5 Å². The molecule has 0 amide bonds. The third-order valence-electron chi connectivity index (χ3n) is 3.80. The number of allylic oxidation sites excluding steroid dienone is 4. The topological polar surface area (TPSA) is 79.6 Å². The number of rotatable bonds is 4. The Morgan fingerprint density at radius 2 is 2.12 bits per heavy atom. The molecule has 0 saturated carbocycles. The van der Waals surface area contributed by atoms with E-state index in [1.165, 1.54) is 0 Å². The molecule has 1 atom stereocenters. The van der Waals surface area contributed by atoms with Crippen LogP contribution in [-0.4, -0.2) is 34.0 Å². The van der Waals surface area contributed by atoms with Gasteiger partial charge in [-0.2, -0.15) is 0 Å². The van der Waals surface area contributed by atoms with Crippen LogP contribution in [0.4, 0.5) is 5.95 Å². The average molecular weight is 324 g/mol. The fraction of sp³-hybridized carbons (Fsp3) is 0.278. The van der Waals surface area contributed by atoms with E-state index in [2.05, 4.69) is 20.4 Å². The maximum absolute atomic E-state index is 9.25. The Bertz CT molecular complexity index is 840. The lowest BCUT2D eigenvalue weighted by Gasteiger charge is -2.19. The summed E-state index contributed by atoms with van der Waals surface area (Å²) >= 11 is 0. The zero-order chi connectivity index (χ0) is 17.1. The third kappa shape index (κ3) is 3.08. The molecule has 24 heavy (non-hydrogen) atoms. The number of aromatic nitrogens is 2. The number of anilines is 1. The molecular formula is C18H20N4O2. The van der Waals surface area contributed by atoms with Gasteiger partial charge in [-0.3, -0.25) is 0 Å². The number of nitrogens with zero attached hydrogens (tertiary/aromatic N) is 3. The zero-order valence-corrected chi connectivity index (χ0v) is 13.9. The average Bonchev–Trinajstić information content (AvgIpc) is 2.60. The molecule has 0 spiro atoms. The van der Waals surface area contributed by atoms with E-state index < -0.39 is 0 Å². The summed E-state index contributed by atoms with van der Waals surface area (Å²) in [6, 6.07) is 4.12. The molecule has 0 saturated heterocycles. The van der Waals surface area contributed by atoms with Crippen molar-refractivity contribution in [2.75, 3.05) is 12.4 Å². The van der Waals surface area contributed by atoms with Crippen molar-refractivity contribution in [1.29, 1.82) is 0 Å². The first kappa shape index (κ1) is 16.0. The fourth-order valence-electron chi connectivity index (χ4n) is 2.72. The molecule has 0 radical (unpaired) electrons.